The maximum atomic E-state index is 12.9. The molecule has 2 aromatic carbocycles. The second kappa shape index (κ2) is 4.92. The van der Waals surface area contributed by atoms with Gasteiger partial charge >= 0.3 is 0 Å². The average molecular weight is 314 g/mol. The summed E-state index contributed by atoms with van der Waals surface area (Å²) < 4.78 is 0. The van der Waals surface area contributed by atoms with E-state index < -0.39 is 0 Å². The first-order valence-corrected chi connectivity index (χ1v) is 9.08. The molecule has 1 nitrogen and oxygen atoms in total. The minimum absolute atomic E-state index is 0.141. The lowest BCUT2D eigenvalue weighted by molar-refractivity contribution is 0.0915. The summed E-state index contributed by atoms with van der Waals surface area (Å²) in [4.78, 5) is 12.9. The van der Waals surface area contributed by atoms with E-state index in [1.54, 1.807) is 5.57 Å². The first-order valence-electron chi connectivity index (χ1n) is 9.08. The van der Waals surface area contributed by atoms with Crippen LogP contribution < -0.4 is 0 Å². The van der Waals surface area contributed by atoms with Gasteiger partial charge in [0.1, 0.15) is 0 Å². The second-order valence-corrected chi connectivity index (χ2v) is 7.67. The minimum Gasteiger partial charge on any atom is -0.294 e. The number of Topliss-reactive ketones (excluding diaryl/α,β-unsaturated/α-hetero) is 1. The van der Waals surface area contributed by atoms with Crippen molar-refractivity contribution in [2.45, 2.75) is 44.9 Å². The van der Waals surface area contributed by atoms with Crippen molar-refractivity contribution in [2.24, 2.45) is 5.92 Å². The smallest absolute Gasteiger partial charge is 0.167 e. The number of rotatable bonds is 0. The predicted molar refractivity (Wildman–Crippen MR) is 96.7 cm³/mol. The Morgan fingerprint density at radius 2 is 1.75 bits per heavy atom. The number of fused-ring (bicyclic) bond motifs is 7. The highest BCUT2D eigenvalue weighted by atomic mass is 16.1. The van der Waals surface area contributed by atoms with E-state index in [1.807, 2.05) is 12.1 Å². The fourth-order valence-corrected chi connectivity index (χ4v) is 5.44. The Labute approximate surface area is 143 Å². The summed E-state index contributed by atoms with van der Waals surface area (Å²) in [6.07, 6.45) is 5.62. The van der Waals surface area contributed by atoms with Gasteiger partial charge in [-0.15, -0.1) is 0 Å². The van der Waals surface area contributed by atoms with E-state index in [2.05, 4.69) is 44.2 Å². The summed E-state index contributed by atoms with van der Waals surface area (Å²) >= 11 is 0. The first kappa shape index (κ1) is 14.2. The van der Waals surface area contributed by atoms with Crippen molar-refractivity contribution in [1.82, 2.24) is 0 Å². The van der Waals surface area contributed by atoms with E-state index in [9.17, 15) is 4.79 Å². The van der Waals surface area contributed by atoms with E-state index in [0.29, 0.717) is 17.6 Å². The van der Waals surface area contributed by atoms with Crippen molar-refractivity contribution in [2.75, 3.05) is 0 Å². The Morgan fingerprint density at radius 1 is 0.958 bits per heavy atom. The minimum atomic E-state index is 0.141. The molecule has 0 N–H and O–H groups in total. The number of ketones is 1. The van der Waals surface area contributed by atoms with Crippen LogP contribution in [0.5, 0.6) is 0 Å². The number of benzene rings is 2. The molecule has 2 aromatic rings. The average Bonchev–Trinajstić information content (AvgIpc) is 2.91. The van der Waals surface area contributed by atoms with Crippen LogP contribution in [-0.4, -0.2) is 5.78 Å². The lowest BCUT2D eigenvalue weighted by atomic mass is 9.63. The Bertz CT molecular complexity index is 902. The highest BCUT2D eigenvalue weighted by Gasteiger charge is 2.48. The van der Waals surface area contributed by atoms with Crippen LogP contribution >= 0.6 is 0 Å². The van der Waals surface area contributed by atoms with Crippen molar-refractivity contribution in [3.8, 4) is 0 Å². The molecular formula is C23H22O. The molecule has 0 saturated heterocycles. The standard InChI is InChI=1S/C23H22O/c1-13-7-8-14(2)20-16(13)11-9-15-10-12-19-22(21(15)20)17-5-3-4-6-18(17)23(19)24/h3-8,10,19,21-22H,9,11-12H2,1-2H3/t19-,21-,22-/m1/s1. The Morgan fingerprint density at radius 3 is 2.62 bits per heavy atom. The maximum absolute atomic E-state index is 12.9. The molecule has 0 bridgehead atoms. The quantitative estimate of drug-likeness (QED) is 0.606. The van der Waals surface area contributed by atoms with Gasteiger partial charge in [-0.1, -0.05) is 48.0 Å². The van der Waals surface area contributed by atoms with Crippen molar-refractivity contribution >= 4 is 5.78 Å². The normalized spacial score (nSPS) is 27.0. The number of hydrogen-bond donors (Lipinski definition) is 0. The molecule has 1 heteroatoms. The van der Waals surface area contributed by atoms with E-state index in [0.717, 1.165) is 24.8 Å². The van der Waals surface area contributed by atoms with Crippen LogP contribution in [0.3, 0.4) is 0 Å². The van der Waals surface area contributed by atoms with Gasteiger partial charge in [-0.3, -0.25) is 4.79 Å². The molecule has 3 aliphatic carbocycles. The number of carbonyl (C=O) groups excluding carboxylic acids is 1. The molecular weight excluding hydrogens is 292 g/mol. The molecule has 24 heavy (non-hydrogen) atoms. The van der Waals surface area contributed by atoms with Gasteiger partial charge in [-0.25, -0.2) is 0 Å². The predicted octanol–water partition coefficient (Wildman–Crippen LogP) is 5.26. The topological polar surface area (TPSA) is 17.1 Å². The molecule has 0 saturated carbocycles. The SMILES string of the molecule is Cc1ccc(C)c2c1CCC1=CC[C@H]3C(=O)c4ccccc4[C@H]3[C@H]12. The third-order valence-corrected chi connectivity index (χ3v) is 6.53. The molecule has 0 heterocycles. The summed E-state index contributed by atoms with van der Waals surface area (Å²) in [5.74, 6) is 1.25. The summed E-state index contributed by atoms with van der Waals surface area (Å²) in [5, 5.41) is 0. The highest BCUT2D eigenvalue weighted by Crippen LogP contribution is 2.57. The van der Waals surface area contributed by atoms with Crippen molar-refractivity contribution in [3.63, 3.8) is 0 Å². The molecule has 5 rings (SSSR count). The van der Waals surface area contributed by atoms with Gasteiger partial charge in [-0.2, -0.15) is 0 Å². The third-order valence-electron chi connectivity index (χ3n) is 6.53. The molecule has 0 fully saturated rings. The van der Waals surface area contributed by atoms with Gasteiger partial charge in [0.2, 0.25) is 0 Å². The fraction of sp³-hybridized carbons (Fsp3) is 0.348. The lowest BCUT2D eigenvalue weighted by Crippen LogP contribution is -2.29. The zero-order chi connectivity index (χ0) is 16.4. The molecule has 0 aliphatic heterocycles. The summed E-state index contributed by atoms with van der Waals surface area (Å²) in [7, 11) is 0. The number of hydrogen-bond acceptors (Lipinski definition) is 1. The van der Waals surface area contributed by atoms with Crippen LogP contribution in [0.1, 0.15) is 62.9 Å². The molecule has 0 amide bonds. The first-order chi connectivity index (χ1) is 11.7. The lowest BCUT2D eigenvalue weighted by Gasteiger charge is -2.40. The van der Waals surface area contributed by atoms with Gasteiger partial charge in [0.15, 0.2) is 5.78 Å². The highest BCUT2D eigenvalue weighted by molar-refractivity contribution is 6.03. The van der Waals surface area contributed by atoms with E-state index in [1.165, 1.54) is 27.8 Å². The Balaban J connectivity index is 1.77. The van der Waals surface area contributed by atoms with Crippen LogP contribution in [0.25, 0.3) is 0 Å². The van der Waals surface area contributed by atoms with Gasteiger partial charge in [0.05, 0.1) is 0 Å². The van der Waals surface area contributed by atoms with Crippen LogP contribution in [-0.2, 0) is 6.42 Å². The van der Waals surface area contributed by atoms with Gasteiger partial charge in [0.25, 0.3) is 0 Å². The van der Waals surface area contributed by atoms with Crippen LogP contribution in [0.4, 0.5) is 0 Å². The van der Waals surface area contributed by atoms with Gasteiger partial charge in [-0.05, 0) is 60.9 Å². The Kier molecular flexibility index (Phi) is 2.92. The largest absolute Gasteiger partial charge is 0.294 e. The number of aryl methyl sites for hydroxylation is 2. The zero-order valence-corrected chi connectivity index (χ0v) is 14.3. The molecule has 0 spiro atoms. The summed E-state index contributed by atoms with van der Waals surface area (Å²) in [5.41, 5.74) is 9.69. The van der Waals surface area contributed by atoms with Crippen molar-refractivity contribution < 1.29 is 4.79 Å². The molecule has 3 aliphatic rings. The summed E-state index contributed by atoms with van der Waals surface area (Å²) in [6, 6.07) is 12.9. The number of carbonyl (C=O) groups is 1. The number of allylic oxidation sites excluding steroid dienone is 2. The summed E-state index contributed by atoms with van der Waals surface area (Å²) in [6.45, 7) is 4.48. The molecule has 3 atom stereocenters. The molecule has 120 valence electrons. The van der Waals surface area contributed by atoms with Gasteiger partial charge in [0, 0.05) is 23.3 Å². The zero-order valence-electron chi connectivity index (χ0n) is 14.3. The fourth-order valence-electron chi connectivity index (χ4n) is 5.44. The van der Waals surface area contributed by atoms with E-state index >= 15 is 0 Å². The maximum Gasteiger partial charge on any atom is 0.167 e. The van der Waals surface area contributed by atoms with Gasteiger partial charge < -0.3 is 0 Å². The van der Waals surface area contributed by atoms with Crippen molar-refractivity contribution in [1.29, 1.82) is 0 Å². The van der Waals surface area contributed by atoms with Crippen LogP contribution in [0.2, 0.25) is 0 Å². The molecule has 0 aromatic heterocycles. The van der Waals surface area contributed by atoms with Crippen LogP contribution in [0.15, 0.2) is 48.0 Å². The Hall–Kier alpha value is -2.15. The van der Waals surface area contributed by atoms with E-state index in [-0.39, 0.29) is 5.92 Å². The van der Waals surface area contributed by atoms with Crippen LogP contribution in [0, 0.1) is 19.8 Å². The molecule has 0 radical (unpaired) electrons. The van der Waals surface area contributed by atoms with E-state index in [4.69, 9.17) is 0 Å². The van der Waals surface area contributed by atoms with Crippen molar-refractivity contribution in [3.05, 3.63) is 81.4 Å². The molecule has 0 unspecified atom stereocenters. The monoisotopic (exact) mass is 314 g/mol. The third kappa shape index (κ3) is 1.73. The second-order valence-electron chi connectivity index (χ2n) is 7.67.